The average Bonchev–Trinajstić information content (AvgIpc) is 2.23. The number of phenolic OH excluding ortho intramolecular Hbond substituents is 1. The van der Waals surface area contributed by atoms with Crippen LogP contribution >= 0.6 is 12.4 Å². The van der Waals surface area contributed by atoms with Gasteiger partial charge in [0.1, 0.15) is 11.6 Å². The summed E-state index contributed by atoms with van der Waals surface area (Å²) in [4.78, 5) is 0. The van der Waals surface area contributed by atoms with Crippen molar-refractivity contribution in [3.8, 4) is 16.9 Å². The van der Waals surface area contributed by atoms with Gasteiger partial charge in [0, 0.05) is 11.3 Å². The van der Waals surface area contributed by atoms with Gasteiger partial charge in [-0.2, -0.15) is 0 Å². The Morgan fingerprint density at radius 3 is 2.25 bits per heavy atom. The molecule has 16 heavy (non-hydrogen) atoms. The Labute approximate surface area is 98.9 Å². The average molecular weight is 240 g/mol. The maximum absolute atomic E-state index is 12.7. The van der Waals surface area contributed by atoms with E-state index in [1.54, 1.807) is 24.3 Å². The number of hydrogen-bond acceptors (Lipinski definition) is 2. The number of aromatic hydroxyl groups is 1. The van der Waals surface area contributed by atoms with Gasteiger partial charge < -0.3 is 10.8 Å². The first-order chi connectivity index (χ1) is 7.16. The van der Waals surface area contributed by atoms with Crippen molar-refractivity contribution in [1.82, 2.24) is 0 Å². The Morgan fingerprint density at radius 2 is 1.62 bits per heavy atom. The molecule has 3 N–H and O–H groups in total. The fourth-order valence-electron chi connectivity index (χ4n) is 1.41. The zero-order valence-electron chi connectivity index (χ0n) is 8.35. The number of nitrogen functional groups attached to an aromatic ring is 1. The molecule has 2 aromatic carbocycles. The van der Waals surface area contributed by atoms with Crippen LogP contribution in [-0.4, -0.2) is 5.11 Å². The van der Waals surface area contributed by atoms with Crippen molar-refractivity contribution in [2.75, 3.05) is 5.73 Å². The van der Waals surface area contributed by atoms with Crippen molar-refractivity contribution in [3.63, 3.8) is 0 Å². The molecule has 2 aromatic rings. The van der Waals surface area contributed by atoms with Crippen molar-refractivity contribution < 1.29 is 9.50 Å². The van der Waals surface area contributed by atoms with Crippen molar-refractivity contribution in [1.29, 1.82) is 0 Å². The maximum atomic E-state index is 12.7. The van der Waals surface area contributed by atoms with Gasteiger partial charge in [-0.25, -0.2) is 4.39 Å². The zero-order valence-corrected chi connectivity index (χ0v) is 9.17. The first-order valence-electron chi connectivity index (χ1n) is 4.51. The van der Waals surface area contributed by atoms with Gasteiger partial charge in [0.25, 0.3) is 0 Å². The Morgan fingerprint density at radius 1 is 1.00 bits per heavy atom. The van der Waals surface area contributed by atoms with Gasteiger partial charge in [0.2, 0.25) is 0 Å². The molecule has 0 bridgehead atoms. The van der Waals surface area contributed by atoms with Crippen molar-refractivity contribution in [3.05, 3.63) is 48.3 Å². The van der Waals surface area contributed by atoms with E-state index in [9.17, 15) is 9.50 Å². The summed E-state index contributed by atoms with van der Waals surface area (Å²) in [5.74, 6) is -0.169. The highest BCUT2D eigenvalue weighted by Gasteiger charge is 2.04. The molecular formula is C12H11ClFNO. The van der Waals surface area contributed by atoms with Crippen LogP contribution in [0.15, 0.2) is 42.5 Å². The first-order valence-corrected chi connectivity index (χ1v) is 4.51. The van der Waals surface area contributed by atoms with Gasteiger partial charge in [-0.05, 0) is 35.9 Å². The normalized spacial score (nSPS) is 9.56. The molecule has 0 radical (unpaired) electrons. The highest BCUT2D eigenvalue weighted by molar-refractivity contribution is 5.85. The third kappa shape index (κ3) is 2.44. The summed E-state index contributed by atoms with van der Waals surface area (Å²) in [7, 11) is 0. The van der Waals surface area contributed by atoms with Crippen LogP contribution in [0.2, 0.25) is 0 Å². The molecule has 84 valence electrons. The van der Waals surface area contributed by atoms with Crippen LogP contribution in [0.5, 0.6) is 5.75 Å². The van der Waals surface area contributed by atoms with E-state index in [1.165, 1.54) is 18.2 Å². The van der Waals surface area contributed by atoms with Crippen LogP contribution in [0.3, 0.4) is 0 Å². The molecular weight excluding hydrogens is 229 g/mol. The molecule has 0 atom stereocenters. The molecule has 0 saturated carbocycles. The van der Waals surface area contributed by atoms with Crippen LogP contribution in [-0.2, 0) is 0 Å². The molecule has 0 aromatic heterocycles. The van der Waals surface area contributed by atoms with Crippen LogP contribution in [0.25, 0.3) is 11.1 Å². The molecule has 2 nitrogen and oxygen atoms in total. The van der Waals surface area contributed by atoms with E-state index in [-0.39, 0.29) is 24.0 Å². The predicted molar refractivity (Wildman–Crippen MR) is 65.2 cm³/mol. The van der Waals surface area contributed by atoms with Crippen LogP contribution < -0.4 is 5.73 Å². The third-order valence-electron chi connectivity index (χ3n) is 2.18. The largest absolute Gasteiger partial charge is 0.507 e. The number of nitrogens with two attached hydrogens (primary N) is 1. The molecule has 0 aliphatic carbocycles. The first kappa shape index (κ1) is 12.3. The second-order valence-electron chi connectivity index (χ2n) is 3.28. The monoisotopic (exact) mass is 239 g/mol. The van der Waals surface area contributed by atoms with Gasteiger partial charge in [-0.1, -0.05) is 12.1 Å². The third-order valence-corrected chi connectivity index (χ3v) is 2.18. The quantitative estimate of drug-likeness (QED) is 0.593. The van der Waals surface area contributed by atoms with Gasteiger partial charge >= 0.3 is 0 Å². The zero-order chi connectivity index (χ0) is 10.8. The lowest BCUT2D eigenvalue weighted by atomic mass is 10.0. The molecule has 4 heteroatoms. The summed E-state index contributed by atoms with van der Waals surface area (Å²) in [6, 6.07) is 10.7. The van der Waals surface area contributed by atoms with E-state index < -0.39 is 0 Å². The molecule has 0 unspecified atom stereocenters. The minimum atomic E-state index is -0.304. The summed E-state index contributed by atoms with van der Waals surface area (Å²) in [6.45, 7) is 0. The Hall–Kier alpha value is -1.74. The van der Waals surface area contributed by atoms with Crippen molar-refractivity contribution in [2.24, 2.45) is 0 Å². The Balaban J connectivity index is 0.00000128. The fraction of sp³-hybridized carbons (Fsp3) is 0. The number of anilines is 1. The topological polar surface area (TPSA) is 46.2 Å². The minimum absolute atomic E-state index is 0. The Kier molecular flexibility index (Phi) is 3.74. The van der Waals surface area contributed by atoms with Crippen LogP contribution in [0.1, 0.15) is 0 Å². The van der Waals surface area contributed by atoms with E-state index in [1.807, 2.05) is 0 Å². The summed E-state index contributed by atoms with van der Waals surface area (Å²) < 4.78 is 12.7. The molecule has 0 spiro atoms. The SMILES string of the molecule is Cl.Nc1ccc(O)c(-c2ccc(F)cc2)c1. The van der Waals surface area contributed by atoms with Crippen LogP contribution in [0, 0.1) is 5.82 Å². The van der Waals surface area contributed by atoms with Crippen LogP contribution in [0.4, 0.5) is 10.1 Å². The maximum Gasteiger partial charge on any atom is 0.123 e. The highest BCUT2D eigenvalue weighted by Crippen LogP contribution is 2.30. The second-order valence-corrected chi connectivity index (χ2v) is 3.28. The van der Waals surface area contributed by atoms with E-state index in [0.717, 1.165) is 5.56 Å². The van der Waals surface area contributed by atoms with Crippen molar-refractivity contribution >= 4 is 18.1 Å². The van der Waals surface area contributed by atoms with Crippen molar-refractivity contribution in [2.45, 2.75) is 0 Å². The number of rotatable bonds is 1. The molecule has 0 aliphatic heterocycles. The fourth-order valence-corrected chi connectivity index (χ4v) is 1.41. The lowest BCUT2D eigenvalue weighted by Crippen LogP contribution is -1.86. The number of halogens is 2. The second kappa shape index (κ2) is 4.86. The molecule has 0 aliphatic rings. The van der Waals surface area contributed by atoms with Gasteiger partial charge in [0.05, 0.1) is 0 Å². The molecule has 0 saturated heterocycles. The number of phenols is 1. The molecule has 0 amide bonds. The smallest absolute Gasteiger partial charge is 0.123 e. The summed E-state index contributed by atoms with van der Waals surface area (Å²) in [6.07, 6.45) is 0. The minimum Gasteiger partial charge on any atom is -0.507 e. The summed E-state index contributed by atoms with van der Waals surface area (Å²) in [5.41, 5.74) is 7.52. The van der Waals surface area contributed by atoms with Gasteiger partial charge in [0.15, 0.2) is 0 Å². The highest BCUT2D eigenvalue weighted by atomic mass is 35.5. The summed E-state index contributed by atoms with van der Waals surface area (Å²) >= 11 is 0. The molecule has 2 rings (SSSR count). The van der Waals surface area contributed by atoms with E-state index >= 15 is 0 Å². The molecule has 0 heterocycles. The lowest BCUT2D eigenvalue weighted by molar-refractivity contribution is 0.477. The number of hydrogen-bond donors (Lipinski definition) is 2. The predicted octanol–water partition coefficient (Wildman–Crippen LogP) is 3.20. The van der Waals surface area contributed by atoms with E-state index in [0.29, 0.717) is 11.3 Å². The van der Waals surface area contributed by atoms with Gasteiger partial charge in [-0.3, -0.25) is 0 Å². The van der Waals surface area contributed by atoms with E-state index in [4.69, 9.17) is 5.73 Å². The lowest BCUT2D eigenvalue weighted by Gasteiger charge is -2.05. The number of benzene rings is 2. The standard InChI is InChI=1S/C12H10FNO.ClH/c13-9-3-1-8(2-4-9)11-7-10(14)5-6-12(11)15;/h1-7,15H,14H2;1H. The van der Waals surface area contributed by atoms with E-state index in [2.05, 4.69) is 0 Å². The Bertz CT molecular complexity index is 485. The molecule has 0 fully saturated rings. The van der Waals surface area contributed by atoms with Gasteiger partial charge in [-0.15, -0.1) is 12.4 Å². The summed E-state index contributed by atoms with van der Waals surface area (Å²) in [5, 5.41) is 9.61.